The van der Waals surface area contributed by atoms with E-state index >= 15 is 0 Å². The Morgan fingerprint density at radius 2 is 2.12 bits per heavy atom. The van der Waals surface area contributed by atoms with Crippen LogP contribution in [0.1, 0.15) is 12.8 Å². The van der Waals surface area contributed by atoms with E-state index in [-0.39, 0.29) is 44.2 Å². The molecule has 3 nitrogen and oxygen atoms in total. The van der Waals surface area contributed by atoms with Gasteiger partial charge in [0.1, 0.15) is 0 Å². The maximum Gasteiger partial charge on any atom is 0.303 e. The maximum absolute atomic E-state index is 9.70. The molecule has 0 heterocycles. The number of nitrogens with two attached hydrogens (primary N) is 1. The van der Waals surface area contributed by atoms with Crippen LogP contribution in [0.4, 0.5) is 0 Å². The maximum atomic E-state index is 9.70. The number of hydrogen-bond donors (Lipinski definition) is 2. The van der Waals surface area contributed by atoms with Crippen molar-refractivity contribution in [2.45, 2.75) is 12.8 Å². The smallest absolute Gasteiger partial charge is 0.303 e. The molecule has 0 saturated heterocycles. The molecule has 8 heavy (non-hydrogen) atoms. The second kappa shape index (κ2) is 7.69. The monoisotopic (exact) mass is 143 g/mol. The van der Waals surface area contributed by atoms with Crippen molar-refractivity contribution in [3.63, 3.8) is 0 Å². The van der Waals surface area contributed by atoms with E-state index in [1.165, 1.54) is 0 Å². The summed E-state index contributed by atoms with van der Waals surface area (Å²) in [6.07, 6.45) is 0.770. The number of carbonyl (C=O) groups is 1. The number of hydrogen-bond acceptors (Lipinski definition) is 2. The Hall–Kier alpha value is 0.690. The van der Waals surface area contributed by atoms with Gasteiger partial charge in [-0.3, -0.25) is 4.79 Å². The molecule has 4 heteroatoms. The Morgan fingerprint density at radius 1 is 1.62 bits per heavy atom. The Bertz CT molecular complexity index is 67.1. The Balaban J connectivity index is 0. The summed E-state index contributed by atoms with van der Waals surface area (Å²) in [5, 5.41) is 7.99. The summed E-state index contributed by atoms with van der Waals surface area (Å²) in [5.74, 6) is -0.773. The van der Waals surface area contributed by atoms with Gasteiger partial charge < -0.3 is 10.8 Å². The SMILES string of the molecule is NCCCC(=O)O.[Ca]. The molecule has 44 valence electrons. The zero-order chi connectivity index (χ0) is 5.70. The molecule has 0 unspecified atom stereocenters. The van der Waals surface area contributed by atoms with Gasteiger partial charge in [0.25, 0.3) is 0 Å². The van der Waals surface area contributed by atoms with Crippen LogP contribution in [0.15, 0.2) is 0 Å². The zero-order valence-electron chi connectivity index (χ0n) is 4.76. The van der Waals surface area contributed by atoms with Crippen molar-refractivity contribution in [2.75, 3.05) is 6.54 Å². The van der Waals surface area contributed by atoms with Gasteiger partial charge in [0.15, 0.2) is 0 Å². The van der Waals surface area contributed by atoms with Gasteiger partial charge in [-0.2, -0.15) is 0 Å². The fourth-order valence-corrected chi connectivity index (χ4v) is 0.253. The van der Waals surface area contributed by atoms with Gasteiger partial charge >= 0.3 is 5.97 Å². The Morgan fingerprint density at radius 3 is 2.25 bits per heavy atom. The van der Waals surface area contributed by atoms with Gasteiger partial charge in [0.2, 0.25) is 0 Å². The van der Waals surface area contributed by atoms with Gasteiger partial charge in [-0.25, -0.2) is 0 Å². The fourth-order valence-electron chi connectivity index (χ4n) is 0.253. The molecule has 0 spiro atoms. The second-order valence-electron chi connectivity index (χ2n) is 1.29. The topological polar surface area (TPSA) is 63.3 Å². The van der Waals surface area contributed by atoms with Crippen molar-refractivity contribution < 1.29 is 9.90 Å². The average Bonchev–Trinajstić information content (AvgIpc) is 1.61. The third-order valence-corrected chi connectivity index (χ3v) is 0.595. The third kappa shape index (κ3) is 9.85. The minimum absolute atomic E-state index is 0. The van der Waals surface area contributed by atoms with Crippen molar-refractivity contribution in [1.29, 1.82) is 0 Å². The molecule has 0 aliphatic carbocycles. The first-order valence-electron chi connectivity index (χ1n) is 2.19. The number of carboxylic acid groups (broad SMARTS) is 1. The molecular formula is C4H9CaNO2. The molecule has 3 N–H and O–H groups in total. The molecule has 0 aromatic carbocycles. The first kappa shape index (κ1) is 11.5. The van der Waals surface area contributed by atoms with Crippen molar-refractivity contribution in [3.8, 4) is 0 Å². The van der Waals surface area contributed by atoms with E-state index in [0.717, 1.165) is 0 Å². The van der Waals surface area contributed by atoms with Crippen LogP contribution in [-0.2, 0) is 4.79 Å². The van der Waals surface area contributed by atoms with Crippen LogP contribution < -0.4 is 5.73 Å². The van der Waals surface area contributed by atoms with Gasteiger partial charge in [-0.1, -0.05) is 0 Å². The molecule has 0 saturated carbocycles. The van der Waals surface area contributed by atoms with E-state index in [1.54, 1.807) is 0 Å². The van der Waals surface area contributed by atoms with Crippen molar-refractivity contribution in [1.82, 2.24) is 0 Å². The minimum atomic E-state index is -0.773. The molecule has 0 rings (SSSR count). The molecule has 0 aromatic rings. The third-order valence-electron chi connectivity index (χ3n) is 0.595. The zero-order valence-corrected chi connectivity index (χ0v) is 6.97. The van der Waals surface area contributed by atoms with Gasteiger partial charge in [0.05, 0.1) is 0 Å². The van der Waals surface area contributed by atoms with E-state index < -0.39 is 5.97 Å². The van der Waals surface area contributed by atoms with Crippen molar-refractivity contribution in [3.05, 3.63) is 0 Å². The summed E-state index contributed by atoms with van der Waals surface area (Å²) < 4.78 is 0. The summed E-state index contributed by atoms with van der Waals surface area (Å²) in [4.78, 5) is 9.70. The molecular weight excluding hydrogens is 134 g/mol. The quantitative estimate of drug-likeness (QED) is 0.520. The predicted octanol–water partition coefficient (Wildman–Crippen LogP) is -0.571. The normalized spacial score (nSPS) is 7.62. The van der Waals surface area contributed by atoms with Crippen LogP contribution in [0.25, 0.3) is 0 Å². The van der Waals surface area contributed by atoms with E-state index in [4.69, 9.17) is 10.8 Å². The Kier molecular flexibility index (Phi) is 11.0. The number of carboxylic acids is 1. The molecule has 0 aromatic heterocycles. The standard InChI is InChI=1S/C4H9NO2.Ca/c5-3-1-2-4(6)7;/h1-3,5H2,(H,6,7);. The first-order chi connectivity index (χ1) is 3.27. The van der Waals surface area contributed by atoms with Crippen LogP contribution in [0.3, 0.4) is 0 Å². The van der Waals surface area contributed by atoms with E-state index in [0.29, 0.717) is 13.0 Å². The van der Waals surface area contributed by atoms with E-state index in [9.17, 15) is 4.79 Å². The molecule has 0 amide bonds. The first-order valence-corrected chi connectivity index (χ1v) is 2.19. The van der Waals surface area contributed by atoms with Gasteiger partial charge in [-0.15, -0.1) is 0 Å². The summed E-state index contributed by atoms with van der Waals surface area (Å²) >= 11 is 0. The minimum Gasteiger partial charge on any atom is -0.481 e. The van der Waals surface area contributed by atoms with Gasteiger partial charge in [0, 0.05) is 44.2 Å². The molecule has 0 bridgehead atoms. The van der Waals surface area contributed by atoms with E-state index in [2.05, 4.69) is 0 Å². The fraction of sp³-hybridized carbons (Fsp3) is 0.750. The van der Waals surface area contributed by atoms with Gasteiger partial charge in [-0.05, 0) is 13.0 Å². The summed E-state index contributed by atoms with van der Waals surface area (Å²) in [7, 11) is 0. The van der Waals surface area contributed by atoms with Crippen LogP contribution >= 0.6 is 0 Å². The van der Waals surface area contributed by atoms with Crippen molar-refractivity contribution >= 4 is 43.7 Å². The van der Waals surface area contributed by atoms with Crippen LogP contribution in [0.5, 0.6) is 0 Å². The molecule has 2 radical (unpaired) electrons. The van der Waals surface area contributed by atoms with E-state index in [1.807, 2.05) is 0 Å². The van der Waals surface area contributed by atoms with Crippen LogP contribution in [0.2, 0.25) is 0 Å². The van der Waals surface area contributed by atoms with Crippen molar-refractivity contribution in [2.24, 2.45) is 5.73 Å². The molecule has 0 atom stereocenters. The number of aliphatic carboxylic acids is 1. The number of rotatable bonds is 3. The van der Waals surface area contributed by atoms with Crippen LogP contribution in [0, 0.1) is 0 Å². The largest absolute Gasteiger partial charge is 0.481 e. The summed E-state index contributed by atoms with van der Waals surface area (Å²) in [5.41, 5.74) is 5.01. The second-order valence-corrected chi connectivity index (χ2v) is 1.29. The summed E-state index contributed by atoms with van der Waals surface area (Å²) in [6, 6.07) is 0. The molecule has 0 aliphatic rings. The average molecular weight is 143 g/mol. The molecule has 0 aliphatic heterocycles. The Labute approximate surface area is 78.2 Å². The molecule has 0 fully saturated rings. The van der Waals surface area contributed by atoms with Crippen LogP contribution in [-0.4, -0.2) is 55.4 Å². The predicted molar refractivity (Wildman–Crippen MR) is 31.7 cm³/mol. The summed E-state index contributed by atoms with van der Waals surface area (Å²) in [6.45, 7) is 0.465.